The fourth-order valence-electron chi connectivity index (χ4n) is 2.06. The van der Waals surface area contributed by atoms with Crippen molar-refractivity contribution < 1.29 is 14.0 Å². The van der Waals surface area contributed by atoms with Gasteiger partial charge in [-0.1, -0.05) is 13.8 Å². The maximum absolute atomic E-state index is 14.1. The Morgan fingerprint density at radius 2 is 2.08 bits per heavy atom. The molecule has 1 heterocycles. The van der Waals surface area contributed by atoms with Crippen LogP contribution in [0.5, 0.6) is 0 Å². The van der Waals surface area contributed by atoms with Crippen LogP contribution in [-0.2, 0) is 11.3 Å². The second-order valence-corrected chi connectivity index (χ2v) is 5.86. The minimum absolute atomic E-state index is 0.0572. The molecule has 2 rings (SSSR count). The molecule has 0 fully saturated rings. The Hall–Kier alpha value is -2.77. The Labute approximate surface area is 139 Å². The van der Waals surface area contributed by atoms with Crippen molar-refractivity contribution in [3.05, 3.63) is 41.2 Å². The predicted molar refractivity (Wildman–Crippen MR) is 86.8 cm³/mol. The van der Waals surface area contributed by atoms with Gasteiger partial charge in [0.2, 0.25) is 5.91 Å². The van der Waals surface area contributed by atoms with Crippen LogP contribution >= 0.6 is 0 Å². The summed E-state index contributed by atoms with van der Waals surface area (Å²) in [5.41, 5.74) is 0.211. The summed E-state index contributed by atoms with van der Waals surface area (Å²) in [4.78, 5) is 27.8. The average molecular weight is 333 g/mol. The smallest absolute Gasteiger partial charge is 0.251 e. The molecule has 8 heteroatoms. The summed E-state index contributed by atoms with van der Waals surface area (Å²) in [5.74, 6) is -0.103. The number of hydrogen-bond donors (Lipinski definition) is 3. The first-order valence-electron chi connectivity index (χ1n) is 7.60. The highest BCUT2D eigenvalue weighted by Gasteiger charge is 2.13. The maximum atomic E-state index is 14.1. The third-order valence-corrected chi connectivity index (χ3v) is 3.15. The van der Waals surface area contributed by atoms with E-state index in [2.05, 4.69) is 25.8 Å². The molecule has 1 aromatic carbocycles. The topological polar surface area (TPSA) is 99.8 Å². The number of anilines is 1. The van der Waals surface area contributed by atoms with E-state index in [9.17, 15) is 14.0 Å². The Morgan fingerprint density at radius 3 is 2.67 bits per heavy atom. The quantitative estimate of drug-likeness (QED) is 0.754. The highest BCUT2D eigenvalue weighted by molar-refractivity contribution is 5.95. The molecule has 1 aromatic heterocycles. The molecule has 0 atom stereocenters. The van der Waals surface area contributed by atoms with Crippen LogP contribution < -0.4 is 10.6 Å². The van der Waals surface area contributed by atoms with E-state index >= 15 is 0 Å². The Morgan fingerprint density at radius 1 is 1.33 bits per heavy atom. The van der Waals surface area contributed by atoms with E-state index in [-0.39, 0.29) is 29.6 Å². The summed E-state index contributed by atoms with van der Waals surface area (Å²) >= 11 is 0. The third kappa shape index (κ3) is 4.87. The van der Waals surface area contributed by atoms with Crippen molar-refractivity contribution in [1.82, 2.24) is 20.5 Å². The zero-order valence-corrected chi connectivity index (χ0v) is 13.8. The summed E-state index contributed by atoms with van der Waals surface area (Å²) in [6.45, 7) is 5.69. The van der Waals surface area contributed by atoms with Gasteiger partial charge < -0.3 is 10.6 Å². The molecule has 0 saturated carbocycles. The summed E-state index contributed by atoms with van der Waals surface area (Å²) in [5, 5.41) is 11.7. The number of aryl methyl sites for hydroxylation is 1. The molecule has 2 aromatic rings. The molecule has 2 amide bonds. The molecule has 0 spiro atoms. The van der Waals surface area contributed by atoms with Gasteiger partial charge >= 0.3 is 0 Å². The van der Waals surface area contributed by atoms with E-state index in [1.54, 1.807) is 6.92 Å². The zero-order chi connectivity index (χ0) is 17.7. The summed E-state index contributed by atoms with van der Waals surface area (Å²) in [7, 11) is 0. The third-order valence-electron chi connectivity index (χ3n) is 3.15. The Bertz CT molecular complexity index is 742. The molecule has 0 aliphatic heterocycles. The number of nitrogens with one attached hydrogen (secondary N) is 3. The van der Waals surface area contributed by atoms with Gasteiger partial charge in [-0.05, 0) is 31.0 Å². The second-order valence-electron chi connectivity index (χ2n) is 5.86. The first-order chi connectivity index (χ1) is 11.3. The molecular weight excluding hydrogens is 313 g/mol. The van der Waals surface area contributed by atoms with Crippen LogP contribution in [0.15, 0.2) is 18.2 Å². The molecule has 0 radical (unpaired) electrons. The molecule has 128 valence electrons. The normalized spacial score (nSPS) is 10.7. The first kappa shape index (κ1) is 17.6. The van der Waals surface area contributed by atoms with Crippen molar-refractivity contribution in [2.45, 2.75) is 33.7 Å². The van der Waals surface area contributed by atoms with Gasteiger partial charge in [-0.2, -0.15) is 5.10 Å². The van der Waals surface area contributed by atoms with E-state index in [0.29, 0.717) is 18.1 Å². The first-order valence-corrected chi connectivity index (χ1v) is 7.60. The van der Waals surface area contributed by atoms with Crippen molar-refractivity contribution >= 4 is 17.5 Å². The molecular formula is C16H20FN5O2. The number of hydrogen-bond acceptors (Lipinski definition) is 4. The van der Waals surface area contributed by atoms with E-state index in [4.69, 9.17) is 0 Å². The average Bonchev–Trinajstić information content (AvgIpc) is 2.91. The largest absolute Gasteiger partial charge is 0.345 e. The van der Waals surface area contributed by atoms with Crippen LogP contribution in [0.2, 0.25) is 0 Å². The molecule has 0 aliphatic rings. The molecule has 24 heavy (non-hydrogen) atoms. The summed E-state index contributed by atoms with van der Waals surface area (Å²) in [6.07, 6.45) is 0.303. The number of aromatic amines is 1. The standard InChI is InChI=1S/C16H20FN5O2/c1-9(2)6-15(23)20-13-5-4-11(7-12(13)17)16(24)18-8-14-19-10(3)21-22-14/h4-5,7,9H,6,8H2,1-3H3,(H,18,24)(H,20,23)(H,19,21,22). The van der Waals surface area contributed by atoms with Gasteiger partial charge in [0.15, 0.2) is 5.82 Å². The van der Waals surface area contributed by atoms with Crippen molar-refractivity contribution in [3.63, 3.8) is 0 Å². The lowest BCUT2D eigenvalue weighted by molar-refractivity contribution is -0.116. The molecule has 0 bridgehead atoms. The van der Waals surface area contributed by atoms with E-state index in [0.717, 1.165) is 6.07 Å². The molecule has 0 unspecified atom stereocenters. The summed E-state index contributed by atoms with van der Waals surface area (Å²) in [6, 6.07) is 3.91. The van der Waals surface area contributed by atoms with Gasteiger partial charge in [0, 0.05) is 12.0 Å². The summed E-state index contributed by atoms with van der Waals surface area (Å²) < 4.78 is 14.1. The maximum Gasteiger partial charge on any atom is 0.251 e. The number of amides is 2. The minimum Gasteiger partial charge on any atom is -0.345 e. The lowest BCUT2D eigenvalue weighted by Crippen LogP contribution is -2.23. The number of carbonyl (C=O) groups is 2. The fourth-order valence-corrected chi connectivity index (χ4v) is 2.06. The van der Waals surface area contributed by atoms with E-state index < -0.39 is 11.7 Å². The van der Waals surface area contributed by atoms with E-state index in [1.807, 2.05) is 13.8 Å². The molecule has 0 aliphatic carbocycles. The SMILES string of the molecule is Cc1nc(CNC(=O)c2ccc(NC(=O)CC(C)C)c(F)c2)n[nH]1. The van der Waals surface area contributed by atoms with Gasteiger partial charge in [0.25, 0.3) is 5.91 Å². The van der Waals surface area contributed by atoms with Crippen LogP contribution in [0.1, 0.15) is 42.3 Å². The van der Waals surface area contributed by atoms with Gasteiger partial charge in [-0.15, -0.1) is 0 Å². The van der Waals surface area contributed by atoms with Crippen LogP contribution in [-0.4, -0.2) is 27.0 Å². The highest BCUT2D eigenvalue weighted by Crippen LogP contribution is 2.17. The van der Waals surface area contributed by atoms with Crippen LogP contribution in [0.25, 0.3) is 0 Å². The molecule has 3 N–H and O–H groups in total. The van der Waals surface area contributed by atoms with Gasteiger partial charge in [0.05, 0.1) is 12.2 Å². The Kier molecular flexibility index (Phi) is 5.62. The van der Waals surface area contributed by atoms with Gasteiger partial charge in [0.1, 0.15) is 11.6 Å². The van der Waals surface area contributed by atoms with Crippen molar-refractivity contribution in [2.75, 3.05) is 5.32 Å². The molecule has 0 saturated heterocycles. The number of H-pyrrole nitrogens is 1. The van der Waals surface area contributed by atoms with Crippen molar-refractivity contribution in [2.24, 2.45) is 5.92 Å². The minimum atomic E-state index is -0.659. The lowest BCUT2D eigenvalue weighted by Gasteiger charge is -2.09. The number of rotatable bonds is 6. The fraction of sp³-hybridized carbons (Fsp3) is 0.375. The van der Waals surface area contributed by atoms with Crippen LogP contribution in [0.3, 0.4) is 0 Å². The van der Waals surface area contributed by atoms with Gasteiger partial charge in [-0.25, -0.2) is 9.37 Å². The van der Waals surface area contributed by atoms with Crippen molar-refractivity contribution in [3.8, 4) is 0 Å². The monoisotopic (exact) mass is 333 g/mol. The zero-order valence-electron chi connectivity index (χ0n) is 13.8. The number of aromatic nitrogens is 3. The second kappa shape index (κ2) is 7.67. The number of benzene rings is 1. The predicted octanol–water partition coefficient (Wildman–Crippen LogP) is 2.17. The Balaban J connectivity index is 1.97. The van der Waals surface area contributed by atoms with Gasteiger partial charge in [-0.3, -0.25) is 14.7 Å². The number of carbonyl (C=O) groups excluding carboxylic acids is 2. The van der Waals surface area contributed by atoms with Crippen LogP contribution in [0, 0.1) is 18.7 Å². The van der Waals surface area contributed by atoms with E-state index in [1.165, 1.54) is 12.1 Å². The highest BCUT2D eigenvalue weighted by atomic mass is 19.1. The van der Waals surface area contributed by atoms with Crippen LogP contribution in [0.4, 0.5) is 10.1 Å². The molecule has 7 nitrogen and oxygen atoms in total. The number of halogens is 1. The number of nitrogens with zero attached hydrogens (tertiary/aromatic N) is 2. The lowest BCUT2D eigenvalue weighted by atomic mass is 10.1. The van der Waals surface area contributed by atoms with Crippen molar-refractivity contribution in [1.29, 1.82) is 0 Å².